The Hall–Kier alpha value is -3.01. The van der Waals surface area contributed by atoms with Gasteiger partial charge < -0.3 is 20.3 Å². The molecule has 2 unspecified atom stereocenters. The number of nitrogens with one attached hydrogen (secondary N) is 2. The number of hydrogen-bond donors (Lipinski definition) is 2. The molecule has 0 aromatic heterocycles. The number of nitrogens with zero attached hydrogens (tertiary/aromatic N) is 1. The summed E-state index contributed by atoms with van der Waals surface area (Å²) >= 11 is 0. The van der Waals surface area contributed by atoms with Crippen LogP contribution < -0.4 is 10.6 Å². The molecule has 0 spiro atoms. The lowest BCUT2D eigenvalue weighted by molar-refractivity contribution is -0.143. The Labute approximate surface area is 204 Å². The minimum Gasteiger partial charge on any atom is -0.444 e. The lowest BCUT2D eigenvalue weighted by Crippen LogP contribution is -2.52. The van der Waals surface area contributed by atoms with Crippen molar-refractivity contribution in [1.82, 2.24) is 15.5 Å². The lowest BCUT2D eigenvalue weighted by Gasteiger charge is -2.37. The van der Waals surface area contributed by atoms with Gasteiger partial charge in [-0.15, -0.1) is 6.42 Å². The van der Waals surface area contributed by atoms with Crippen LogP contribution in [0.15, 0.2) is 24.3 Å². The first kappa shape index (κ1) is 27.2. The van der Waals surface area contributed by atoms with Crippen LogP contribution in [0.4, 0.5) is 4.79 Å². The van der Waals surface area contributed by atoms with Gasteiger partial charge in [0.15, 0.2) is 0 Å². The van der Waals surface area contributed by atoms with Crippen LogP contribution in [0.2, 0.25) is 0 Å². The Kier molecular flexibility index (Phi) is 9.97. The van der Waals surface area contributed by atoms with Crippen LogP contribution >= 0.6 is 0 Å². The van der Waals surface area contributed by atoms with Gasteiger partial charge in [-0.3, -0.25) is 9.59 Å². The van der Waals surface area contributed by atoms with Crippen LogP contribution in [0.25, 0.3) is 0 Å². The monoisotopic (exact) mass is 469 g/mol. The van der Waals surface area contributed by atoms with Gasteiger partial charge in [-0.2, -0.15) is 0 Å². The highest BCUT2D eigenvalue weighted by Gasteiger charge is 2.35. The van der Waals surface area contributed by atoms with Gasteiger partial charge in [-0.05, 0) is 64.7 Å². The van der Waals surface area contributed by atoms with Crippen LogP contribution in [0.5, 0.6) is 0 Å². The molecular weight excluding hydrogens is 430 g/mol. The van der Waals surface area contributed by atoms with Crippen LogP contribution in [0.3, 0.4) is 0 Å². The highest BCUT2D eigenvalue weighted by Crippen LogP contribution is 2.27. The third kappa shape index (κ3) is 8.09. The van der Waals surface area contributed by atoms with Gasteiger partial charge in [0.1, 0.15) is 18.2 Å². The van der Waals surface area contributed by atoms with Gasteiger partial charge in [0.05, 0.1) is 0 Å². The van der Waals surface area contributed by atoms with E-state index >= 15 is 0 Å². The zero-order valence-electron chi connectivity index (χ0n) is 21.1. The molecule has 1 fully saturated rings. The normalized spacial score (nSPS) is 16.0. The number of benzene rings is 1. The van der Waals surface area contributed by atoms with Crippen LogP contribution in [-0.2, 0) is 14.3 Å². The quantitative estimate of drug-likeness (QED) is 0.556. The molecule has 2 atom stereocenters. The van der Waals surface area contributed by atoms with Crippen molar-refractivity contribution >= 4 is 17.9 Å². The molecule has 0 bridgehead atoms. The molecule has 7 heteroatoms. The molecule has 1 aromatic rings. The molecule has 34 heavy (non-hydrogen) atoms. The second-order valence-corrected chi connectivity index (χ2v) is 9.93. The number of carbonyl (C=O) groups excluding carboxylic acids is 3. The largest absolute Gasteiger partial charge is 0.444 e. The van der Waals surface area contributed by atoms with E-state index in [1.165, 1.54) is 6.42 Å². The number of rotatable bonds is 8. The average Bonchev–Trinajstić information content (AvgIpc) is 2.80. The van der Waals surface area contributed by atoms with Crippen molar-refractivity contribution < 1.29 is 19.1 Å². The van der Waals surface area contributed by atoms with E-state index in [0.29, 0.717) is 17.5 Å². The molecule has 7 nitrogen and oxygen atoms in total. The summed E-state index contributed by atoms with van der Waals surface area (Å²) in [5.41, 5.74) is 0.700. The maximum absolute atomic E-state index is 13.6. The highest BCUT2D eigenvalue weighted by molar-refractivity contribution is 5.90. The number of alkyl carbamates (subject to hydrolysis) is 1. The molecular formula is C27H39N3O4. The van der Waals surface area contributed by atoms with Gasteiger partial charge in [0.2, 0.25) is 11.8 Å². The van der Waals surface area contributed by atoms with E-state index in [-0.39, 0.29) is 30.4 Å². The summed E-state index contributed by atoms with van der Waals surface area (Å²) in [6, 6.07) is 6.17. The van der Waals surface area contributed by atoms with Crippen molar-refractivity contribution in [2.45, 2.75) is 96.9 Å². The fourth-order valence-corrected chi connectivity index (χ4v) is 4.12. The second-order valence-electron chi connectivity index (χ2n) is 9.93. The Balaban J connectivity index is 2.32. The summed E-state index contributed by atoms with van der Waals surface area (Å²) in [7, 11) is 0. The SMILES string of the molecule is C#Cc1ccc(C(C(=O)NC2CCCCC2)N(C(=O)CNC(=O)OC(C)(C)C)C(C)CC)cc1. The van der Waals surface area contributed by atoms with Gasteiger partial charge in [0, 0.05) is 17.6 Å². The van der Waals surface area contributed by atoms with Crippen molar-refractivity contribution in [2.75, 3.05) is 6.54 Å². The van der Waals surface area contributed by atoms with Crippen LogP contribution in [-0.4, -0.2) is 47.0 Å². The fourth-order valence-electron chi connectivity index (χ4n) is 4.12. The zero-order chi connectivity index (χ0) is 25.3. The predicted octanol–water partition coefficient (Wildman–Crippen LogP) is 4.31. The summed E-state index contributed by atoms with van der Waals surface area (Å²) < 4.78 is 5.25. The van der Waals surface area contributed by atoms with E-state index in [0.717, 1.165) is 25.7 Å². The van der Waals surface area contributed by atoms with Gasteiger partial charge in [-0.25, -0.2) is 4.79 Å². The standard InChI is InChI=1S/C27H39N3O4/c1-7-19(3)30(23(31)18-28-26(33)34-27(4,5)6)24(21-16-14-20(8-2)15-17-21)25(32)29-22-12-10-9-11-13-22/h2,14-17,19,22,24H,7,9-13,18H2,1,3-6H3,(H,28,33)(H,29,32). The van der Waals surface area contributed by atoms with E-state index in [4.69, 9.17) is 11.2 Å². The number of ether oxygens (including phenoxy) is 1. The summed E-state index contributed by atoms with van der Waals surface area (Å²) in [6.45, 7) is 8.86. The minimum atomic E-state index is -0.836. The summed E-state index contributed by atoms with van der Waals surface area (Å²) in [5, 5.41) is 5.70. The summed E-state index contributed by atoms with van der Waals surface area (Å²) in [4.78, 5) is 40.7. The van der Waals surface area contributed by atoms with Crippen LogP contribution in [0, 0.1) is 12.3 Å². The number of hydrogen-bond acceptors (Lipinski definition) is 4. The van der Waals surface area contributed by atoms with Crippen molar-refractivity contribution in [2.24, 2.45) is 0 Å². The molecule has 2 rings (SSSR count). The first-order valence-electron chi connectivity index (χ1n) is 12.2. The first-order valence-corrected chi connectivity index (χ1v) is 12.2. The fraction of sp³-hybridized carbons (Fsp3) is 0.593. The smallest absolute Gasteiger partial charge is 0.408 e. The van der Waals surface area contributed by atoms with E-state index in [2.05, 4.69) is 16.6 Å². The van der Waals surface area contributed by atoms with E-state index in [9.17, 15) is 14.4 Å². The molecule has 3 amide bonds. The molecule has 0 saturated heterocycles. The van der Waals surface area contributed by atoms with Gasteiger partial charge in [0.25, 0.3) is 0 Å². The highest BCUT2D eigenvalue weighted by atomic mass is 16.6. The minimum absolute atomic E-state index is 0.0995. The molecule has 0 aliphatic heterocycles. The van der Waals surface area contributed by atoms with Crippen LogP contribution in [0.1, 0.15) is 90.3 Å². The lowest BCUT2D eigenvalue weighted by atomic mass is 9.94. The third-order valence-electron chi connectivity index (χ3n) is 6.01. The molecule has 186 valence electrons. The first-order chi connectivity index (χ1) is 16.1. The molecule has 2 N–H and O–H groups in total. The van der Waals surface area contributed by atoms with Crippen molar-refractivity contribution in [1.29, 1.82) is 0 Å². The van der Waals surface area contributed by atoms with Crippen molar-refractivity contribution in [3.05, 3.63) is 35.4 Å². The van der Waals surface area contributed by atoms with E-state index in [1.807, 2.05) is 13.8 Å². The molecule has 1 aromatic carbocycles. The molecule has 1 saturated carbocycles. The molecule has 0 heterocycles. The Morgan fingerprint density at radius 3 is 2.29 bits per heavy atom. The van der Waals surface area contributed by atoms with Crippen molar-refractivity contribution in [3.63, 3.8) is 0 Å². The number of amides is 3. The summed E-state index contributed by atoms with van der Waals surface area (Å²) in [5.74, 6) is 2.01. The summed E-state index contributed by atoms with van der Waals surface area (Å²) in [6.07, 6.45) is 10.7. The Bertz CT molecular complexity index is 877. The number of carbonyl (C=O) groups is 3. The maximum Gasteiger partial charge on any atom is 0.408 e. The second kappa shape index (κ2) is 12.5. The molecule has 0 radical (unpaired) electrons. The maximum atomic E-state index is 13.6. The molecule has 1 aliphatic carbocycles. The Morgan fingerprint density at radius 2 is 1.76 bits per heavy atom. The van der Waals surface area contributed by atoms with E-state index in [1.54, 1.807) is 49.9 Å². The Morgan fingerprint density at radius 1 is 1.15 bits per heavy atom. The molecule has 1 aliphatic rings. The zero-order valence-corrected chi connectivity index (χ0v) is 21.1. The predicted molar refractivity (Wildman–Crippen MR) is 133 cm³/mol. The average molecular weight is 470 g/mol. The third-order valence-corrected chi connectivity index (χ3v) is 6.01. The van der Waals surface area contributed by atoms with Crippen molar-refractivity contribution in [3.8, 4) is 12.3 Å². The van der Waals surface area contributed by atoms with Gasteiger partial charge in [-0.1, -0.05) is 44.2 Å². The van der Waals surface area contributed by atoms with E-state index < -0.39 is 17.7 Å². The van der Waals surface area contributed by atoms with Gasteiger partial charge >= 0.3 is 6.09 Å². The topological polar surface area (TPSA) is 87.7 Å². The number of terminal acetylenes is 1.